The standard InChI is InChI=1S/C25H17Cl2N3O5S2/c1-34-16-5-2-4-13(10-16)20-19(21(31)18-6-3-9-35-18)22(32)23(33)30(20)24-28-29-25(37-24)36-12-14-7-8-15(26)11-17(14)27/h2-11,20,32H,12H2,1H3. The van der Waals surface area contributed by atoms with Crippen molar-refractivity contribution in [3.05, 3.63) is 99.1 Å². The van der Waals surface area contributed by atoms with E-state index < -0.39 is 23.5 Å². The molecule has 0 bridgehead atoms. The van der Waals surface area contributed by atoms with Crippen LogP contribution in [-0.4, -0.2) is 34.1 Å². The van der Waals surface area contributed by atoms with Crippen molar-refractivity contribution in [2.45, 2.75) is 16.1 Å². The fourth-order valence-electron chi connectivity index (χ4n) is 3.84. The summed E-state index contributed by atoms with van der Waals surface area (Å²) < 4.78 is 11.2. The number of aliphatic hydroxyl groups excluding tert-OH is 1. The van der Waals surface area contributed by atoms with E-state index in [2.05, 4.69) is 10.2 Å². The van der Waals surface area contributed by atoms with Crippen LogP contribution in [-0.2, 0) is 10.5 Å². The molecular weight excluding hydrogens is 557 g/mol. The Kier molecular flexibility index (Phi) is 7.25. The van der Waals surface area contributed by atoms with Crippen LogP contribution in [0.2, 0.25) is 10.0 Å². The van der Waals surface area contributed by atoms with Crippen molar-refractivity contribution in [3.8, 4) is 5.75 Å². The lowest BCUT2D eigenvalue weighted by molar-refractivity contribution is -0.117. The Balaban J connectivity index is 1.49. The summed E-state index contributed by atoms with van der Waals surface area (Å²) in [6.07, 6.45) is 1.35. The Labute approximate surface area is 229 Å². The first-order chi connectivity index (χ1) is 17.9. The zero-order chi connectivity index (χ0) is 26.1. The minimum absolute atomic E-state index is 0.00236. The van der Waals surface area contributed by atoms with Gasteiger partial charge in [0.25, 0.3) is 5.91 Å². The lowest BCUT2D eigenvalue weighted by Crippen LogP contribution is -2.31. The Morgan fingerprint density at radius 2 is 2.03 bits per heavy atom. The Morgan fingerprint density at radius 1 is 1.19 bits per heavy atom. The van der Waals surface area contributed by atoms with Crippen LogP contribution in [0.1, 0.15) is 27.7 Å². The number of ketones is 1. The van der Waals surface area contributed by atoms with Crippen LogP contribution in [0.4, 0.5) is 5.13 Å². The van der Waals surface area contributed by atoms with E-state index in [1.54, 1.807) is 42.5 Å². The molecule has 1 amide bonds. The molecule has 0 radical (unpaired) electrons. The van der Waals surface area contributed by atoms with Crippen molar-refractivity contribution in [2.75, 3.05) is 12.0 Å². The molecule has 188 valence electrons. The molecule has 4 aromatic rings. The molecule has 1 N–H and O–H groups in total. The van der Waals surface area contributed by atoms with Crippen LogP contribution >= 0.6 is 46.3 Å². The van der Waals surface area contributed by atoms with E-state index >= 15 is 0 Å². The van der Waals surface area contributed by atoms with Gasteiger partial charge in [-0.05, 0) is 47.5 Å². The number of benzene rings is 2. The fraction of sp³-hybridized carbons (Fsp3) is 0.120. The zero-order valence-electron chi connectivity index (χ0n) is 19.1. The number of rotatable bonds is 8. The average molecular weight is 574 g/mol. The highest BCUT2D eigenvalue weighted by Crippen LogP contribution is 2.44. The van der Waals surface area contributed by atoms with Gasteiger partial charge in [-0.2, -0.15) is 0 Å². The Morgan fingerprint density at radius 3 is 2.76 bits per heavy atom. The van der Waals surface area contributed by atoms with Crippen LogP contribution < -0.4 is 9.64 Å². The van der Waals surface area contributed by atoms with Crippen LogP contribution in [0.25, 0.3) is 0 Å². The number of halogens is 2. The van der Waals surface area contributed by atoms with Gasteiger partial charge in [-0.25, -0.2) is 0 Å². The van der Waals surface area contributed by atoms with Crippen molar-refractivity contribution in [1.29, 1.82) is 0 Å². The number of methoxy groups -OCH3 is 1. The number of furan rings is 1. The van der Waals surface area contributed by atoms with Gasteiger partial charge in [-0.1, -0.05) is 64.5 Å². The molecule has 3 heterocycles. The number of aromatic nitrogens is 2. The maximum absolute atomic E-state index is 13.3. The van der Waals surface area contributed by atoms with Gasteiger partial charge in [0.15, 0.2) is 15.9 Å². The molecule has 0 saturated carbocycles. The van der Waals surface area contributed by atoms with Crippen LogP contribution in [0, 0.1) is 0 Å². The minimum atomic E-state index is -0.975. The highest BCUT2D eigenvalue weighted by atomic mass is 35.5. The minimum Gasteiger partial charge on any atom is -0.503 e. The Bertz CT molecular complexity index is 1520. The van der Waals surface area contributed by atoms with Crippen LogP contribution in [0.3, 0.4) is 0 Å². The second-order valence-electron chi connectivity index (χ2n) is 7.80. The first-order valence-electron chi connectivity index (χ1n) is 10.8. The molecule has 0 aliphatic carbocycles. The molecule has 2 aromatic heterocycles. The molecule has 1 aliphatic heterocycles. The SMILES string of the molecule is COc1cccc(C2C(C(=O)c3ccco3)=C(O)C(=O)N2c2nnc(SCc3ccc(Cl)cc3Cl)s2)c1. The predicted molar refractivity (Wildman–Crippen MR) is 142 cm³/mol. The fourth-order valence-corrected chi connectivity index (χ4v) is 6.26. The lowest BCUT2D eigenvalue weighted by atomic mass is 9.95. The number of hydrogen-bond donors (Lipinski definition) is 1. The largest absolute Gasteiger partial charge is 0.503 e. The first kappa shape index (κ1) is 25.3. The summed E-state index contributed by atoms with van der Waals surface area (Å²) in [6, 6.07) is 14.2. The summed E-state index contributed by atoms with van der Waals surface area (Å²) in [7, 11) is 1.51. The number of amides is 1. The average Bonchev–Trinajstić information content (AvgIpc) is 3.64. The van der Waals surface area contributed by atoms with Crippen molar-refractivity contribution < 1.29 is 23.8 Å². The van der Waals surface area contributed by atoms with Gasteiger partial charge in [0.2, 0.25) is 10.9 Å². The second kappa shape index (κ2) is 10.6. The van der Waals surface area contributed by atoms with E-state index in [0.29, 0.717) is 31.5 Å². The van der Waals surface area contributed by atoms with Gasteiger partial charge >= 0.3 is 0 Å². The highest BCUT2D eigenvalue weighted by Gasteiger charge is 2.46. The van der Waals surface area contributed by atoms with E-state index in [-0.39, 0.29) is 16.5 Å². The molecule has 0 spiro atoms. The van der Waals surface area contributed by atoms with Gasteiger partial charge in [-0.3, -0.25) is 14.5 Å². The molecule has 1 unspecified atom stereocenters. The zero-order valence-corrected chi connectivity index (χ0v) is 22.2. The van der Waals surface area contributed by atoms with Crippen molar-refractivity contribution >= 4 is 63.1 Å². The van der Waals surface area contributed by atoms with Gasteiger partial charge in [0.1, 0.15) is 5.75 Å². The summed E-state index contributed by atoms with van der Waals surface area (Å²) in [6.45, 7) is 0. The normalized spacial score (nSPS) is 15.5. The summed E-state index contributed by atoms with van der Waals surface area (Å²) in [5.74, 6) is -1.03. The number of thioether (sulfide) groups is 1. The third kappa shape index (κ3) is 4.97. The number of aliphatic hydroxyl groups is 1. The number of ether oxygens (including phenoxy) is 1. The monoisotopic (exact) mass is 573 g/mol. The molecule has 2 aromatic carbocycles. The van der Waals surface area contributed by atoms with Gasteiger partial charge in [-0.15, -0.1) is 10.2 Å². The number of anilines is 1. The first-order valence-corrected chi connectivity index (χ1v) is 13.3. The summed E-state index contributed by atoms with van der Waals surface area (Å²) in [4.78, 5) is 27.9. The predicted octanol–water partition coefficient (Wildman–Crippen LogP) is 6.52. The number of carbonyl (C=O) groups is 2. The lowest BCUT2D eigenvalue weighted by Gasteiger charge is -2.24. The molecule has 0 fully saturated rings. The summed E-state index contributed by atoms with van der Waals surface area (Å²) in [5.41, 5.74) is 1.29. The number of hydrogen-bond acceptors (Lipinski definition) is 9. The molecule has 0 saturated heterocycles. The van der Waals surface area contributed by atoms with Gasteiger partial charge < -0.3 is 14.3 Å². The third-order valence-electron chi connectivity index (χ3n) is 5.58. The number of Topliss-reactive ketones (excluding diaryl/α,β-unsaturated/α-hetero) is 1. The smallest absolute Gasteiger partial charge is 0.296 e. The maximum atomic E-state index is 13.3. The summed E-state index contributed by atoms with van der Waals surface area (Å²) in [5, 5.41) is 20.6. The Hall–Kier alpha value is -3.31. The van der Waals surface area contributed by atoms with E-state index in [1.807, 2.05) is 6.07 Å². The highest BCUT2D eigenvalue weighted by molar-refractivity contribution is 8.00. The van der Waals surface area contributed by atoms with E-state index in [4.69, 9.17) is 32.4 Å². The topological polar surface area (TPSA) is 106 Å². The van der Waals surface area contributed by atoms with Crippen LogP contribution in [0.5, 0.6) is 5.75 Å². The molecule has 1 aliphatic rings. The molecule has 5 rings (SSSR count). The van der Waals surface area contributed by atoms with Crippen molar-refractivity contribution in [2.24, 2.45) is 0 Å². The molecule has 8 nitrogen and oxygen atoms in total. The molecule has 12 heteroatoms. The maximum Gasteiger partial charge on any atom is 0.296 e. The van der Waals surface area contributed by atoms with Gasteiger partial charge in [0.05, 0.1) is 25.0 Å². The van der Waals surface area contributed by atoms with Crippen molar-refractivity contribution in [3.63, 3.8) is 0 Å². The molecular formula is C25H17Cl2N3O5S2. The van der Waals surface area contributed by atoms with Gasteiger partial charge in [0, 0.05) is 15.8 Å². The second-order valence-corrected chi connectivity index (χ2v) is 10.8. The quantitative estimate of drug-likeness (QED) is 0.144. The van der Waals surface area contributed by atoms with Crippen LogP contribution in [0.15, 0.2) is 80.9 Å². The number of nitrogens with zero attached hydrogens (tertiary/aromatic N) is 3. The van der Waals surface area contributed by atoms with Crippen molar-refractivity contribution in [1.82, 2.24) is 10.2 Å². The van der Waals surface area contributed by atoms with E-state index in [0.717, 1.165) is 16.9 Å². The summed E-state index contributed by atoms with van der Waals surface area (Å²) >= 11 is 14.8. The molecule has 1 atom stereocenters. The van der Waals surface area contributed by atoms with E-state index in [1.165, 1.54) is 36.1 Å². The number of carbonyl (C=O) groups excluding carboxylic acids is 2. The molecule has 37 heavy (non-hydrogen) atoms. The van der Waals surface area contributed by atoms with E-state index in [9.17, 15) is 14.7 Å². The third-order valence-corrected chi connectivity index (χ3v) is 8.27.